The number of hydrogen-bond acceptors (Lipinski definition) is 1. The fourth-order valence-electron chi connectivity index (χ4n) is 8.71. The molecular weight excluding hydrogens is 362 g/mol. The van der Waals surface area contributed by atoms with Crippen molar-refractivity contribution in [1.29, 1.82) is 0 Å². The smallest absolute Gasteiger partial charge is 0.0352 e. The number of benzene rings is 1. The van der Waals surface area contributed by atoms with Crippen molar-refractivity contribution >= 4 is 5.69 Å². The van der Waals surface area contributed by atoms with Gasteiger partial charge in [-0.1, -0.05) is 32.8 Å². The van der Waals surface area contributed by atoms with Gasteiger partial charge in [-0.2, -0.15) is 0 Å². The van der Waals surface area contributed by atoms with E-state index in [1.165, 1.54) is 63.5 Å². The van der Waals surface area contributed by atoms with Crippen molar-refractivity contribution in [2.75, 3.05) is 11.9 Å². The van der Waals surface area contributed by atoms with Crippen LogP contribution in [0.1, 0.15) is 84.1 Å². The fourth-order valence-corrected chi connectivity index (χ4v) is 8.71. The van der Waals surface area contributed by atoms with Crippen molar-refractivity contribution in [2.45, 2.75) is 78.6 Å². The summed E-state index contributed by atoms with van der Waals surface area (Å²) in [5.74, 6) is 8.67. The number of hydrogen-bond donors (Lipinski definition) is 1. The van der Waals surface area contributed by atoms with Crippen LogP contribution in [0.2, 0.25) is 0 Å². The van der Waals surface area contributed by atoms with Crippen LogP contribution in [0.5, 0.6) is 0 Å². The quantitative estimate of drug-likeness (QED) is 0.519. The molecule has 0 spiro atoms. The van der Waals surface area contributed by atoms with Gasteiger partial charge in [0.05, 0.1) is 0 Å². The maximum atomic E-state index is 5.59. The molecule has 1 aromatic carbocycles. The second-order valence-electron chi connectivity index (χ2n) is 12.3. The van der Waals surface area contributed by atoms with Gasteiger partial charge in [-0.15, -0.1) is 6.42 Å². The fraction of sp³-hybridized carbons (Fsp3) is 0.724. The zero-order valence-corrected chi connectivity index (χ0v) is 19.4. The highest BCUT2D eigenvalue weighted by Crippen LogP contribution is 2.65. The van der Waals surface area contributed by atoms with Gasteiger partial charge in [0.2, 0.25) is 0 Å². The van der Waals surface area contributed by atoms with Gasteiger partial charge in [-0.25, -0.2) is 0 Å². The molecule has 7 atom stereocenters. The first kappa shape index (κ1) is 20.5. The summed E-state index contributed by atoms with van der Waals surface area (Å²) in [5, 5.41) is 3.75. The summed E-state index contributed by atoms with van der Waals surface area (Å²) >= 11 is 0. The molecule has 30 heavy (non-hydrogen) atoms. The SMILES string of the molecule is C#Cc1cccc(NCC2CCC3C4CCC5CC(C)(C)CCC5C4CCC23C)c1. The standard InChI is InChI=1S/C29H41N/c1-5-20-7-6-8-23(17-20)30-19-22-10-12-27-26-11-9-21-18-28(2,3)15-13-24(21)25(26)14-16-29(22,27)4/h1,6-8,17,21-22,24-27,30H,9-16,18-19H2,2-4H3. The van der Waals surface area contributed by atoms with Gasteiger partial charge in [0, 0.05) is 17.8 Å². The average molecular weight is 404 g/mol. The minimum absolute atomic E-state index is 0.540. The lowest BCUT2D eigenvalue weighted by molar-refractivity contribution is -0.0745. The molecule has 0 radical (unpaired) electrons. The molecule has 4 saturated carbocycles. The zero-order valence-electron chi connectivity index (χ0n) is 19.4. The average Bonchev–Trinajstić information content (AvgIpc) is 3.07. The highest BCUT2D eigenvalue weighted by Gasteiger charge is 2.57. The second-order valence-corrected chi connectivity index (χ2v) is 12.3. The first-order valence-corrected chi connectivity index (χ1v) is 12.7. The normalized spacial score (nSPS) is 41.8. The van der Waals surface area contributed by atoms with E-state index in [0.717, 1.165) is 47.6 Å². The Morgan fingerprint density at radius 1 is 0.967 bits per heavy atom. The van der Waals surface area contributed by atoms with E-state index in [1.54, 1.807) is 0 Å². The third kappa shape index (κ3) is 3.49. The Morgan fingerprint density at radius 3 is 2.63 bits per heavy atom. The lowest BCUT2D eigenvalue weighted by Gasteiger charge is -2.57. The number of rotatable bonds is 3. The maximum absolute atomic E-state index is 5.59. The predicted molar refractivity (Wildman–Crippen MR) is 127 cm³/mol. The van der Waals surface area contributed by atoms with Gasteiger partial charge < -0.3 is 5.32 Å². The van der Waals surface area contributed by atoms with E-state index < -0.39 is 0 Å². The molecule has 1 nitrogen and oxygen atoms in total. The van der Waals surface area contributed by atoms with Gasteiger partial charge in [0.25, 0.3) is 0 Å². The highest BCUT2D eigenvalue weighted by molar-refractivity contribution is 5.50. The van der Waals surface area contributed by atoms with Crippen molar-refractivity contribution < 1.29 is 0 Å². The Bertz CT molecular complexity index is 816. The molecule has 7 unspecified atom stereocenters. The van der Waals surface area contributed by atoms with E-state index in [0.29, 0.717) is 10.8 Å². The number of terminal acetylenes is 1. The van der Waals surface area contributed by atoms with Gasteiger partial charge in [-0.05, 0) is 122 Å². The summed E-state index contributed by atoms with van der Waals surface area (Å²) in [6.07, 6.45) is 18.9. The van der Waals surface area contributed by atoms with Gasteiger partial charge >= 0.3 is 0 Å². The Hall–Kier alpha value is -1.42. The first-order valence-electron chi connectivity index (χ1n) is 12.7. The molecule has 0 amide bonds. The monoisotopic (exact) mass is 403 g/mol. The molecule has 4 fully saturated rings. The van der Waals surface area contributed by atoms with Crippen molar-refractivity contribution in [3.05, 3.63) is 29.8 Å². The molecule has 1 aromatic rings. The summed E-state index contributed by atoms with van der Waals surface area (Å²) in [6.45, 7) is 8.79. The zero-order chi connectivity index (χ0) is 20.9. The largest absolute Gasteiger partial charge is 0.385 e. The Morgan fingerprint density at radius 2 is 1.80 bits per heavy atom. The third-order valence-electron chi connectivity index (χ3n) is 10.3. The molecule has 1 heteroatoms. The Labute approximate surface area is 184 Å². The number of anilines is 1. The van der Waals surface area contributed by atoms with Gasteiger partial charge in [0.1, 0.15) is 0 Å². The molecule has 4 aliphatic rings. The van der Waals surface area contributed by atoms with Crippen LogP contribution in [-0.2, 0) is 0 Å². The minimum atomic E-state index is 0.540. The van der Waals surface area contributed by atoms with Crippen molar-refractivity contribution in [3.63, 3.8) is 0 Å². The van der Waals surface area contributed by atoms with Crippen molar-refractivity contribution in [1.82, 2.24) is 0 Å². The Balaban J connectivity index is 1.27. The summed E-state index contributed by atoms with van der Waals surface area (Å²) in [5.41, 5.74) is 3.30. The topological polar surface area (TPSA) is 12.0 Å². The van der Waals surface area contributed by atoms with E-state index in [2.05, 4.69) is 50.2 Å². The second kappa shape index (κ2) is 7.62. The number of nitrogens with one attached hydrogen (secondary N) is 1. The van der Waals surface area contributed by atoms with E-state index >= 15 is 0 Å². The van der Waals surface area contributed by atoms with Crippen LogP contribution < -0.4 is 5.32 Å². The van der Waals surface area contributed by atoms with Crippen molar-refractivity contribution in [2.24, 2.45) is 46.3 Å². The molecular formula is C29H41N. The van der Waals surface area contributed by atoms with Crippen LogP contribution >= 0.6 is 0 Å². The van der Waals surface area contributed by atoms with E-state index in [9.17, 15) is 0 Å². The lowest BCUT2D eigenvalue weighted by atomic mass is 9.48. The maximum Gasteiger partial charge on any atom is 0.0352 e. The van der Waals surface area contributed by atoms with E-state index in [-0.39, 0.29) is 0 Å². The molecule has 0 aromatic heterocycles. The number of fused-ring (bicyclic) bond motifs is 5. The first-order chi connectivity index (χ1) is 14.4. The summed E-state index contributed by atoms with van der Waals surface area (Å²) in [7, 11) is 0. The Kier molecular flexibility index (Phi) is 5.20. The van der Waals surface area contributed by atoms with Crippen LogP contribution in [0.15, 0.2) is 24.3 Å². The molecule has 1 N–H and O–H groups in total. The van der Waals surface area contributed by atoms with Crippen LogP contribution in [0.25, 0.3) is 0 Å². The third-order valence-corrected chi connectivity index (χ3v) is 10.3. The molecule has 4 aliphatic carbocycles. The molecule has 5 rings (SSSR count). The van der Waals surface area contributed by atoms with Crippen LogP contribution in [0, 0.1) is 58.7 Å². The minimum Gasteiger partial charge on any atom is -0.385 e. The molecule has 0 saturated heterocycles. The summed E-state index contributed by atoms with van der Waals surface area (Å²) < 4.78 is 0. The van der Waals surface area contributed by atoms with Gasteiger partial charge in [-0.3, -0.25) is 0 Å². The van der Waals surface area contributed by atoms with Crippen LogP contribution in [0.3, 0.4) is 0 Å². The molecule has 0 bridgehead atoms. The predicted octanol–water partition coefficient (Wildman–Crippen LogP) is 7.37. The molecule has 0 aliphatic heterocycles. The van der Waals surface area contributed by atoms with Gasteiger partial charge in [0.15, 0.2) is 0 Å². The lowest BCUT2D eigenvalue weighted by Crippen LogP contribution is -2.49. The molecule has 0 heterocycles. The van der Waals surface area contributed by atoms with E-state index in [4.69, 9.17) is 6.42 Å². The van der Waals surface area contributed by atoms with Crippen LogP contribution in [-0.4, -0.2) is 6.54 Å². The summed E-state index contributed by atoms with van der Waals surface area (Å²) in [6, 6.07) is 8.38. The van der Waals surface area contributed by atoms with Crippen LogP contribution in [0.4, 0.5) is 5.69 Å². The van der Waals surface area contributed by atoms with E-state index in [1.807, 2.05) is 6.07 Å². The molecule has 162 valence electrons. The van der Waals surface area contributed by atoms with Crippen molar-refractivity contribution in [3.8, 4) is 12.3 Å². The summed E-state index contributed by atoms with van der Waals surface area (Å²) in [4.78, 5) is 0. The highest BCUT2D eigenvalue weighted by atomic mass is 14.9.